The van der Waals surface area contributed by atoms with Gasteiger partial charge < -0.3 is 5.32 Å². The Morgan fingerprint density at radius 1 is 1.14 bits per heavy atom. The maximum absolute atomic E-state index is 13.2. The molecule has 10 heteroatoms. The fraction of sp³-hybridized carbons (Fsp3) is 0.0800. The molecule has 0 fully saturated rings. The van der Waals surface area contributed by atoms with Gasteiger partial charge in [0.25, 0.3) is 5.91 Å². The molecule has 0 saturated carbocycles. The number of nitrogens with zero attached hydrogens (tertiary/aromatic N) is 5. The van der Waals surface area contributed by atoms with Gasteiger partial charge >= 0.3 is 0 Å². The third-order valence-corrected chi connectivity index (χ3v) is 7.42. The summed E-state index contributed by atoms with van der Waals surface area (Å²) in [6, 6.07) is 16.8. The van der Waals surface area contributed by atoms with Crippen LogP contribution >= 0.6 is 39.3 Å². The monoisotopic (exact) mass is 564 g/mol. The fourth-order valence-corrected chi connectivity index (χ4v) is 5.49. The number of aromatic nitrogens is 5. The molecular weight excluding hydrogens is 548 g/mol. The molecule has 0 unspecified atom stereocenters. The zero-order valence-electron chi connectivity index (χ0n) is 18.4. The minimum atomic E-state index is -0.250. The van der Waals surface area contributed by atoms with Crippen molar-refractivity contribution < 1.29 is 4.79 Å². The highest BCUT2D eigenvalue weighted by molar-refractivity contribution is 9.10. The van der Waals surface area contributed by atoms with E-state index in [9.17, 15) is 4.79 Å². The number of aryl methyl sites for hydroxylation is 1. The minimum absolute atomic E-state index is 0.250. The molecule has 0 aliphatic rings. The number of anilines is 1. The molecule has 1 aromatic carbocycles. The lowest BCUT2D eigenvalue weighted by Gasteiger charge is -2.11. The topological polar surface area (TPSA) is 85.6 Å². The van der Waals surface area contributed by atoms with Crippen molar-refractivity contribution in [3.8, 4) is 11.3 Å². The molecule has 0 spiro atoms. The van der Waals surface area contributed by atoms with Gasteiger partial charge in [0.05, 0.1) is 11.3 Å². The van der Waals surface area contributed by atoms with E-state index in [1.165, 1.54) is 11.8 Å². The molecular formula is C25H18BrClN6OS. The highest BCUT2D eigenvalue weighted by Gasteiger charge is 2.19. The molecule has 5 rings (SSSR count). The normalized spacial score (nSPS) is 11.1. The van der Waals surface area contributed by atoms with E-state index in [1.807, 2.05) is 49.5 Å². The first-order valence-electron chi connectivity index (χ1n) is 10.6. The molecule has 5 aromatic rings. The van der Waals surface area contributed by atoms with Crippen molar-refractivity contribution in [2.45, 2.75) is 10.6 Å². The summed E-state index contributed by atoms with van der Waals surface area (Å²) in [5, 5.41) is 8.91. The second-order valence-corrected chi connectivity index (χ2v) is 9.72. The number of nitrogens with one attached hydrogen (secondary N) is 1. The smallest absolute Gasteiger partial charge is 0.257 e. The van der Waals surface area contributed by atoms with Crippen LogP contribution in [0.5, 0.6) is 0 Å². The number of pyridine rings is 3. The van der Waals surface area contributed by atoms with E-state index in [0.29, 0.717) is 26.9 Å². The molecule has 4 heterocycles. The second kappa shape index (κ2) is 10.2. The van der Waals surface area contributed by atoms with Crippen LogP contribution in [0.4, 0.5) is 5.82 Å². The van der Waals surface area contributed by atoms with E-state index in [1.54, 1.807) is 35.4 Å². The molecule has 1 N–H and O–H groups in total. The average Bonchev–Trinajstić information content (AvgIpc) is 3.16. The van der Waals surface area contributed by atoms with Gasteiger partial charge in [0.2, 0.25) is 0 Å². The summed E-state index contributed by atoms with van der Waals surface area (Å²) in [7, 11) is 1.81. The van der Waals surface area contributed by atoms with Crippen LogP contribution in [0, 0.1) is 0 Å². The van der Waals surface area contributed by atoms with Crippen molar-refractivity contribution in [2.24, 2.45) is 7.05 Å². The molecule has 1 amide bonds. The number of carbonyl (C=O) groups is 1. The lowest BCUT2D eigenvalue weighted by atomic mass is 10.1. The number of fused-ring (bicyclic) bond motifs is 1. The predicted molar refractivity (Wildman–Crippen MR) is 143 cm³/mol. The summed E-state index contributed by atoms with van der Waals surface area (Å²) in [6.45, 7) is 0. The van der Waals surface area contributed by atoms with E-state index < -0.39 is 0 Å². The van der Waals surface area contributed by atoms with Crippen molar-refractivity contribution in [1.29, 1.82) is 0 Å². The number of benzene rings is 1. The standard InChI is InChI=1S/C25H18BrClN6OS/c1-33-24(27)18(21(32-33)16-7-4-10-28-13-16)14-35-19-9-3-2-8-17(19)25(34)31-20-12-15-6-5-11-29-22(15)23(26)30-20/h2-13H,14H2,1H3,(H,30,31,34). The fourth-order valence-electron chi connectivity index (χ4n) is 3.63. The maximum atomic E-state index is 13.2. The molecule has 174 valence electrons. The second-order valence-electron chi connectivity index (χ2n) is 7.60. The number of hydrogen-bond acceptors (Lipinski definition) is 6. The van der Waals surface area contributed by atoms with Crippen LogP contribution in [-0.4, -0.2) is 30.6 Å². The van der Waals surface area contributed by atoms with Crippen molar-refractivity contribution in [3.63, 3.8) is 0 Å². The number of rotatable bonds is 6. The van der Waals surface area contributed by atoms with Gasteiger partial charge in [-0.05, 0) is 52.3 Å². The Kier molecular flexibility index (Phi) is 6.81. The van der Waals surface area contributed by atoms with Crippen molar-refractivity contribution >= 4 is 61.9 Å². The van der Waals surface area contributed by atoms with Crippen LogP contribution in [-0.2, 0) is 12.8 Å². The Hall–Kier alpha value is -3.27. The largest absolute Gasteiger partial charge is 0.306 e. The first-order chi connectivity index (χ1) is 17.0. The third-order valence-electron chi connectivity index (χ3n) is 5.29. The molecule has 0 atom stereocenters. The Morgan fingerprint density at radius 3 is 2.80 bits per heavy atom. The summed E-state index contributed by atoms with van der Waals surface area (Å²) in [6.07, 6.45) is 5.18. The van der Waals surface area contributed by atoms with Gasteiger partial charge in [-0.3, -0.25) is 19.4 Å². The Bertz CT molecular complexity index is 1540. The van der Waals surface area contributed by atoms with Crippen molar-refractivity contribution in [2.75, 3.05) is 5.32 Å². The number of thioether (sulfide) groups is 1. The molecule has 7 nitrogen and oxygen atoms in total. The SMILES string of the molecule is Cn1nc(-c2cccnc2)c(CSc2ccccc2C(=O)Nc2cc3cccnc3c(Br)n2)c1Cl. The van der Waals surface area contributed by atoms with Gasteiger partial charge in [0.1, 0.15) is 21.1 Å². The predicted octanol–water partition coefficient (Wildman–Crippen LogP) is 6.39. The van der Waals surface area contributed by atoms with E-state index in [2.05, 4.69) is 41.3 Å². The summed E-state index contributed by atoms with van der Waals surface area (Å²) >= 11 is 11.5. The van der Waals surface area contributed by atoms with E-state index in [0.717, 1.165) is 32.6 Å². The molecule has 0 bridgehead atoms. The molecule has 35 heavy (non-hydrogen) atoms. The summed E-state index contributed by atoms with van der Waals surface area (Å²) in [4.78, 5) is 27.0. The molecule has 0 saturated heterocycles. The highest BCUT2D eigenvalue weighted by Crippen LogP contribution is 2.35. The van der Waals surface area contributed by atoms with Crippen LogP contribution in [0.1, 0.15) is 15.9 Å². The Balaban J connectivity index is 1.40. The first-order valence-corrected chi connectivity index (χ1v) is 12.7. The van der Waals surface area contributed by atoms with E-state index >= 15 is 0 Å². The van der Waals surface area contributed by atoms with Crippen molar-refractivity contribution in [1.82, 2.24) is 24.7 Å². The van der Waals surface area contributed by atoms with E-state index in [-0.39, 0.29) is 5.91 Å². The number of carbonyl (C=O) groups excluding carboxylic acids is 1. The molecule has 0 radical (unpaired) electrons. The summed E-state index contributed by atoms with van der Waals surface area (Å²) < 4.78 is 2.22. The quantitative estimate of drug-likeness (QED) is 0.190. The minimum Gasteiger partial charge on any atom is -0.306 e. The lowest BCUT2D eigenvalue weighted by Crippen LogP contribution is -2.14. The number of hydrogen-bond donors (Lipinski definition) is 1. The summed E-state index contributed by atoms with van der Waals surface area (Å²) in [5.74, 6) is 0.726. The van der Waals surface area contributed by atoms with Crippen LogP contribution in [0.2, 0.25) is 5.15 Å². The van der Waals surface area contributed by atoms with Crippen molar-refractivity contribution in [3.05, 3.63) is 94.1 Å². The summed E-state index contributed by atoms with van der Waals surface area (Å²) in [5.41, 5.74) is 3.83. The Labute approximate surface area is 219 Å². The molecule has 0 aliphatic carbocycles. The van der Waals surface area contributed by atoms with Crippen LogP contribution < -0.4 is 5.32 Å². The third kappa shape index (κ3) is 4.93. The Morgan fingerprint density at radius 2 is 1.97 bits per heavy atom. The number of amides is 1. The zero-order chi connectivity index (χ0) is 24.4. The van der Waals surface area contributed by atoms with Gasteiger partial charge in [0.15, 0.2) is 0 Å². The van der Waals surface area contributed by atoms with Gasteiger partial charge in [-0.1, -0.05) is 29.8 Å². The average molecular weight is 566 g/mol. The highest BCUT2D eigenvalue weighted by atomic mass is 79.9. The zero-order valence-corrected chi connectivity index (χ0v) is 21.6. The first kappa shape index (κ1) is 23.5. The van der Waals surface area contributed by atoms with E-state index in [4.69, 9.17) is 11.6 Å². The molecule has 4 aromatic heterocycles. The van der Waals surface area contributed by atoms with Crippen LogP contribution in [0.3, 0.4) is 0 Å². The van der Waals surface area contributed by atoms with Crippen LogP contribution in [0.15, 0.2) is 82.7 Å². The van der Waals surface area contributed by atoms with Gasteiger partial charge in [-0.25, -0.2) is 4.98 Å². The number of halogens is 2. The van der Waals surface area contributed by atoms with Crippen LogP contribution in [0.25, 0.3) is 22.2 Å². The van der Waals surface area contributed by atoms with Gasteiger partial charge in [-0.2, -0.15) is 5.10 Å². The lowest BCUT2D eigenvalue weighted by molar-refractivity contribution is 0.102. The maximum Gasteiger partial charge on any atom is 0.257 e. The molecule has 0 aliphatic heterocycles. The van der Waals surface area contributed by atoms with Gasteiger partial charge in [0, 0.05) is 52.8 Å². The van der Waals surface area contributed by atoms with Gasteiger partial charge in [-0.15, -0.1) is 11.8 Å².